The summed E-state index contributed by atoms with van der Waals surface area (Å²) in [5.74, 6) is -0.194. The number of carbonyl (C=O) groups is 1. The molecule has 0 saturated heterocycles. The normalized spacial score (nSPS) is 13.7. The summed E-state index contributed by atoms with van der Waals surface area (Å²) in [4.78, 5) is 26.7. The number of nitrogens with one attached hydrogen (secondary N) is 1. The first-order valence-electron chi connectivity index (χ1n) is 9.91. The molecule has 9 heteroatoms. The van der Waals surface area contributed by atoms with E-state index in [9.17, 15) is 18.0 Å². The first-order valence-corrected chi connectivity index (χ1v) is 11.4. The van der Waals surface area contributed by atoms with Gasteiger partial charge in [-0.3, -0.25) is 19.0 Å². The van der Waals surface area contributed by atoms with Crippen LogP contribution >= 0.6 is 0 Å². The molecule has 162 valence electrons. The number of rotatable bonds is 5. The second-order valence-electron chi connectivity index (χ2n) is 7.92. The fourth-order valence-corrected chi connectivity index (χ4v) is 5.17. The van der Waals surface area contributed by atoms with Crippen LogP contribution in [0.25, 0.3) is 5.69 Å². The molecule has 1 aliphatic rings. The van der Waals surface area contributed by atoms with Gasteiger partial charge in [-0.2, -0.15) is 0 Å². The van der Waals surface area contributed by atoms with E-state index in [-0.39, 0.29) is 28.8 Å². The zero-order valence-electron chi connectivity index (χ0n) is 17.8. The van der Waals surface area contributed by atoms with Crippen LogP contribution in [-0.4, -0.2) is 30.7 Å². The highest BCUT2D eigenvalue weighted by molar-refractivity contribution is 7.92. The van der Waals surface area contributed by atoms with Crippen LogP contribution in [0.2, 0.25) is 0 Å². The first kappa shape index (κ1) is 20.9. The second-order valence-corrected chi connectivity index (χ2v) is 9.60. The van der Waals surface area contributed by atoms with Gasteiger partial charge < -0.3 is 4.90 Å². The van der Waals surface area contributed by atoms with Gasteiger partial charge in [-0.25, -0.2) is 13.1 Å². The van der Waals surface area contributed by atoms with Crippen molar-refractivity contribution in [1.82, 2.24) is 9.36 Å². The van der Waals surface area contributed by atoms with E-state index in [4.69, 9.17) is 0 Å². The Hall–Kier alpha value is -3.33. The number of sulfonamides is 1. The average molecular weight is 441 g/mol. The number of para-hydroxylation sites is 1. The molecule has 1 aliphatic heterocycles. The molecular formula is C22H24N4O4S. The van der Waals surface area contributed by atoms with Crippen LogP contribution in [0, 0.1) is 0 Å². The molecule has 1 N–H and O–H groups in total. The number of nitrogens with zero attached hydrogens (tertiary/aromatic N) is 3. The molecule has 8 nitrogen and oxygen atoms in total. The molecule has 0 radical (unpaired) electrons. The van der Waals surface area contributed by atoms with E-state index in [0.717, 1.165) is 0 Å². The molecule has 0 saturated carbocycles. The fraction of sp³-hybridized carbons (Fsp3) is 0.273. The van der Waals surface area contributed by atoms with Crippen molar-refractivity contribution in [2.75, 3.05) is 16.7 Å². The van der Waals surface area contributed by atoms with Gasteiger partial charge in [-0.15, -0.1) is 0 Å². The summed E-state index contributed by atoms with van der Waals surface area (Å²) in [5, 5.41) is 0. The molecule has 3 aromatic rings. The minimum atomic E-state index is -4.04. The van der Waals surface area contributed by atoms with E-state index < -0.39 is 15.6 Å². The van der Waals surface area contributed by atoms with Crippen molar-refractivity contribution < 1.29 is 13.2 Å². The molecule has 0 fully saturated rings. The molecule has 0 unspecified atom stereocenters. The SMILES string of the molecule is CC(C)c1c(NS(=O)(=O)c2ccc3c(c2)CC(=O)N3C)c(=O)n(-c2ccccc2)n1C. The Kier molecular flexibility index (Phi) is 5.01. The maximum absolute atomic E-state index is 13.3. The van der Waals surface area contributed by atoms with Gasteiger partial charge in [0, 0.05) is 19.8 Å². The molecular weight excluding hydrogens is 416 g/mol. The Balaban J connectivity index is 1.80. The van der Waals surface area contributed by atoms with Gasteiger partial charge in [-0.1, -0.05) is 32.0 Å². The summed E-state index contributed by atoms with van der Waals surface area (Å²) in [5.41, 5.74) is 2.13. The maximum Gasteiger partial charge on any atom is 0.296 e. The number of fused-ring (bicyclic) bond motifs is 1. The molecule has 0 spiro atoms. The Morgan fingerprint density at radius 3 is 2.32 bits per heavy atom. The molecule has 2 heterocycles. The van der Waals surface area contributed by atoms with E-state index in [0.29, 0.717) is 22.6 Å². The third-order valence-corrected chi connectivity index (χ3v) is 6.88. The van der Waals surface area contributed by atoms with Crippen molar-refractivity contribution >= 4 is 27.3 Å². The molecule has 1 amide bonds. The van der Waals surface area contributed by atoms with Gasteiger partial charge in [0.25, 0.3) is 15.6 Å². The van der Waals surface area contributed by atoms with Crippen LogP contribution in [0.4, 0.5) is 11.4 Å². The summed E-state index contributed by atoms with van der Waals surface area (Å²) < 4.78 is 32.0. The van der Waals surface area contributed by atoms with E-state index in [1.54, 1.807) is 37.0 Å². The van der Waals surface area contributed by atoms with Gasteiger partial charge in [0.05, 0.1) is 22.7 Å². The van der Waals surface area contributed by atoms with Crippen molar-refractivity contribution in [2.24, 2.45) is 7.05 Å². The topological polar surface area (TPSA) is 93.4 Å². The smallest absolute Gasteiger partial charge is 0.296 e. The number of benzene rings is 2. The van der Waals surface area contributed by atoms with E-state index in [2.05, 4.69) is 4.72 Å². The zero-order valence-corrected chi connectivity index (χ0v) is 18.6. The van der Waals surface area contributed by atoms with Crippen LogP contribution in [0.5, 0.6) is 0 Å². The van der Waals surface area contributed by atoms with Crippen molar-refractivity contribution in [3.8, 4) is 5.69 Å². The minimum absolute atomic E-state index is 0.0126. The van der Waals surface area contributed by atoms with Gasteiger partial charge in [-0.05, 0) is 41.8 Å². The summed E-state index contributed by atoms with van der Waals surface area (Å²) in [6, 6.07) is 13.6. The lowest BCUT2D eigenvalue weighted by molar-refractivity contribution is -0.117. The fourth-order valence-electron chi connectivity index (χ4n) is 4.05. The number of hydrogen-bond acceptors (Lipinski definition) is 4. The molecule has 0 bridgehead atoms. The Bertz CT molecular complexity index is 1340. The predicted molar refractivity (Wildman–Crippen MR) is 119 cm³/mol. The maximum atomic E-state index is 13.3. The predicted octanol–water partition coefficient (Wildman–Crippen LogP) is 2.62. The highest BCUT2D eigenvalue weighted by atomic mass is 32.2. The standard InChI is InChI=1S/C22H24N4O4S/c1-14(2)21-20(22(28)26(25(21)4)16-8-6-5-7-9-16)23-31(29,30)17-10-11-18-15(12-17)13-19(27)24(18)3/h5-12,14,23H,13H2,1-4H3. The summed E-state index contributed by atoms with van der Waals surface area (Å²) >= 11 is 0. The van der Waals surface area contributed by atoms with Gasteiger partial charge >= 0.3 is 0 Å². The van der Waals surface area contributed by atoms with E-state index in [1.165, 1.54) is 21.7 Å². The van der Waals surface area contributed by atoms with Crippen LogP contribution in [-0.2, 0) is 28.3 Å². The first-order chi connectivity index (χ1) is 14.6. The lowest BCUT2D eigenvalue weighted by atomic mass is 10.1. The quantitative estimate of drug-likeness (QED) is 0.660. The summed E-state index contributed by atoms with van der Waals surface area (Å²) in [7, 11) is -0.648. The summed E-state index contributed by atoms with van der Waals surface area (Å²) in [6.45, 7) is 3.80. The Labute approximate surface area is 180 Å². The van der Waals surface area contributed by atoms with Crippen molar-refractivity contribution in [3.63, 3.8) is 0 Å². The number of carbonyl (C=O) groups excluding carboxylic acids is 1. The average Bonchev–Trinajstić information content (AvgIpc) is 3.14. The molecule has 2 aromatic carbocycles. The molecule has 31 heavy (non-hydrogen) atoms. The number of amides is 1. The molecule has 0 atom stereocenters. The van der Waals surface area contributed by atoms with Crippen LogP contribution in [0.1, 0.15) is 31.0 Å². The lowest BCUT2D eigenvalue weighted by Gasteiger charge is -2.14. The van der Waals surface area contributed by atoms with Crippen LogP contribution in [0.3, 0.4) is 0 Å². The van der Waals surface area contributed by atoms with E-state index in [1.807, 2.05) is 32.0 Å². The van der Waals surface area contributed by atoms with Gasteiger partial charge in [0.15, 0.2) is 0 Å². The van der Waals surface area contributed by atoms with Gasteiger partial charge in [0.1, 0.15) is 5.69 Å². The summed E-state index contributed by atoms with van der Waals surface area (Å²) in [6.07, 6.45) is 0.151. The third kappa shape index (κ3) is 3.44. The Morgan fingerprint density at radius 1 is 1.00 bits per heavy atom. The van der Waals surface area contributed by atoms with Gasteiger partial charge in [0.2, 0.25) is 5.91 Å². The van der Waals surface area contributed by atoms with E-state index >= 15 is 0 Å². The van der Waals surface area contributed by atoms with Crippen molar-refractivity contribution in [2.45, 2.75) is 31.1 Å². The number of anilines is 2. The Morgan fingerprint density at radius 2 is 1.68 bits per heavy atom. The molecule has 1 aromatic heterocycles. The monoisotopic (exact) mass is 440 g/mol. The molecule has 4 rings (SSSR count). The number of aromatic nitrogens is 2. The largest absolute Gasteiger partial charge is 0.315 e. The highest BCUT2D eigenvalue weighted by Crippen LogP contribution is 2.31. The minimum Gasteiger partial charge on any atom is -0.315 e. The van der Waals surface area contributed by atoms with Crippen LogP contribution < -0.4 is 15.2 Å². The van der Waals surface area contributed by atoms with Crippen molar-refractivity contribution in [1.29, 1.82) is 0 Å². The van der Waals surface area contributed by atoms with Crippen molar-refractivity contribution in [3.05, 3.63) is 70.1 Å². The third-order valence-electron chi connectivity index (χ3n) is 5.53. The van der Waals surface area contributed by atoms with Crippen LogP contribution in [0.15, 0.2) is 58.2 Å². The number of likely N-dealkylation sites (N-methyl/N-ethyl adjacent to an activating group) is 1. The lowest BCUT2D eigenvalue weighted by Crippen LogP contribution is -2.23. The highest BCUT2D eigenvalue weighted by Gasteiger charge is 2.29. The number of hydrogen-bond donors (Lipinski definition) is 1. The second kappa shape index (κ2) is 7.42. The molecule has 0 aliphatic carbocycles. The zero-order chi connectivity index (χ0) is 22.5.